The van der Waals surface area contributed by atoms with Gasteiger partial charge in [-0.3, -0.25) is 4.79 Å². The maximum atomic E-state index is 12.1. The van der Waals surface area contributed by atoms with E-state index >= 15 is 0 Å². The number of carbonyl (C=O) groups is 1. The average molecular weight is 344 g/mol. The molecule has 0 atom stereocenters. The second-order valence-electron chi connectivity index (χ2n) is 5.22. The van der Waals surface area contributed by atoms with Gasteiger partial charge in [0.15, 0.2) is 15.5 Å². The molecule has 3 aromatic rings. The van der Waals surface area contributed by atoms with Crippen LogP contribution in [0, 0.1) is 0 Å². The largest absolute Gasteiger partial charge is 0.352 e. The Morgan fingerprint density at radius 3 is 2.75 bits per heavy atom. The molecule has 3 rings (SSSR count). The summed E-state index contributed by atoms with van der Waals surface area (Å²) in [5.74, 6) is -0.555. The molecular formula is C16H16N4O3S. The molecule has 0 aliphatic carbocycles. The topological polar surface area (TPSA) is 93.4 Å². The highest BCUT2D eigenvalue weighted by atomic mass is 32.2. The number of nitrogens with one attached hydrogen (secondary N) is 1. The Balaban J connectivity index is 1.57. The van der Waals surface area contributed by atoms with E-state index in [1.165, 1.54) is 12.1 Å². The minimum absolute atomic E-state index is 0.0934. The van der Waals surface area contributed by atoms with Gasteiger partial charge in [-0.15, -0.1) is 0 Å². The van der Waals surface area contributed by atoms with E-state index < -0.39 is 9.84 Å². The molecule has 0 fully saturated rings. The van der Waals surface area contributed by atoms with Gasteiger partial charge in [0.25, 0.3) is 0 Å². The molecule has 0 radical (unpaired) electrons. The first-order valence-electron chi connectivity index (χ1n) is 7.38. The zero-order valence-corrected chi connectivity index (χ0v) is 13.6. The maximum Gasteiger partial charge on any atom is 0.221 e. The van der Waals surface area contributed by atoms with Gasteiger partial charge in [0.1, 0.15) is 0 Å². The molecule has 1 aromatic carbocycles. The van der Waals surface area contributed by atoms with E-state index in [9.17, 15) is 13.2 Å². The van der Waals surface area contributed by atoms with Crippen molar-refractivity contribution in [2.75, 3.05) is 5.75 Å². The number of hydrogen-bond acceptors (Lipinski definition) is 5. The standard InChI is InChI=1S/C16H16N4O3S/c21-15(7-10-24(22,23)14-5-2-1-3-6-14)18-11-13-12-19-20-9-4-8-17-16(13)20/h1-6,8-9,12H,7,10-11H2,(H,18,21). The van der Waals surface area contributed by atoms with E-state index in [-0.39, 0.29) is 29.5 Å². The molecule has 2 aromatic heterocycles. The fraction of sp³-hybridized carbons (Fsp3) is 0.188. The summed E-state index contributed by atoms with van der Waals surface area (Å²) in [6.45, 7) is 0.255. The number of fused-ring (bicyclic) bond motifs is 1. The lowest BCUT2D eigenvalue weighted by atomic mass is 10.3. The Labute approximate surface area is 139 Å². The highest BCUT2D eigenvalue weighted by Gasteiger charge is 2.16. The molecule has 0 aliphatic rings. The number of amides is 1. The van der Waals surface area contributed by atoms with Gasteiger partial charge in [0, 0.05) is 30.9 Å². The average Bonchev–Trinajstić information content (AvgIpc) is 3.02. The Morgan fingerprint density at radius 2 is 1.96 bits per heavy atom. The van der Waals surface area contributed by atoms with Gasteiger partial charge in [0.2, 0.25) is 5.91 Å². The molecule has 124 valence electrons. The van der Waals surface area contributed by atoms with Crippen LogP contribution < -0.4 is 5.32 Å². The van der Waals surface area contributed by atoms with Crippen molar-refractivity contribution in [1.29, 1.82) is 0 Å². The van der Waals surface area contributed by atoms with Gasteiger partial charge in [-0.2, -0.15) is 5.10 Å². The summed E-state index contributed by atoms with van der Waals surface area (Å²) in [6, 6.07) is 9.87. The molecule has 0 spiro atoms. The monoisotopic (exact) mass is 344 g/mol. The minimum atomic E-state index is -3.45. The first-order valence-corrected chi connectivity index (χ1v) is 9.03. The quantitative estimate of drug-likeness (QED) is 0.725. The molecule has 1 N–H and O–H groups in total. The van der Waals surface area contributed by atoms with Crippen molar-refractivity contribution in [3.63, 3.8) is 0 Å². The molecule has 1 amide bonds. The number of sulfone groups is 1. The summed E-state index contributed by atoms with van der Waals surface area (Å²) in [5.41, 5.74) is 1.43. The van der Waals surface area contributed by atoms with Gasteiger partial charge in [-0.1, -0.05) is 18.2 Å². The van der Waals surface area contributed by atoms with E-state index in [0.717, 1.165) is 5.56 Å². The summed E-state index contributed by atoms with van der Waals surface area (Å²) >= 11 is 0. The van der Waals surface area contributed by atoms with Crippen LogP contribution in [0.15, 0.2) is 59.9 Å². The van der Waals surface area contributed by atoms with E-state index in [1.807, 2.05) is 0 Å². The minimum Gasteiger partial charge on any atom is -0.352 e. The van der Waals surface area contributed by atoms with Crippen LogP contribution >= 0.6 is 0 Å². The van der Waals surface area contributed by atoms with Gasteiger partial charge >= 0.3 is 0 Å². The van der Waals surface area contributed by atoms with E-state index in [2.05, 4.69) is 15.4 Å². The lowest BCUT2D eigenvalue weighted by Gasteiger charge is -2.05. The molecule has 8 heteroatoms. The van der Waals surface area contributed by atoms with Gasteiger partial charge in [-0.05, 0) is 18.2 Å². The highest BCUT2D eigenvalue weighted by Crippen LogP contribution is 2.11. The predicted molar refractivity (Wildman–Crippen MR) is 87.9 cm³/mol. The third kappa shape index (κ3) is 3.60. The van der Waals surface area contributed by atoms with Crippen molar-refractivity contribution in [2.24, 2.45) is 0 Å². The van der Waals surface area contributed by atoms with Crippen LogP contribution in [0.2, 0.25) is 0 Å². The maximum absolute atomic E-state index is 12.1. The predicted octanol–water partition coefficient (Wildman–Crippen LogP) is 1.21. The van der Waals surface area contributed by atoms with Crippen LogP contribution in [0.1, 0.15) is 12.0 Å². The fourth-order valence-corrected chi connectivity index (χ4v) is 3.52. The molecule has 7 nitrogen and oxygen atoms in total. The van der Waals surface area contributed by atoms with E-state index in [0.29, 0.717) is 5.65 Å². The van der Waals surface area contributed by atoms with E-state index in [1.54, 1.807) is 47.4 Å². The number of aromatic nitrogens is 3. The molecule has 0 aliphatic heterocycles. The third-order valence-electron chi connectivity index (χ3n) is 3.53. The lowest BCUT2D eigenvalue weighted by Crippen LogP contribution is -2.25. The number of carbonyl (C=O) groups excluding carboxylic acids is 1. The van der Waals surface area contributed by atoms with Crippen molar-refractivity contribution in [1.82, 2.24) is 19.9 Å². The Bertz CT molecular complexity index is 952. The molecular weight excluding hydrogens is 328 g/mol. The highest BCUT2D eigenvalue weighted by molar-refractivity contribution is 7.91. The van der Waals surface area contributed by atoms with Crippen LogP contribution in [0.25, 0.3) is 5.65 Å². The van der Waals surface area contributed by atoms with Crippen molar-refractivity contribution < 1.29 is 13.2 Å². The molecule has 0 saturated heterocycles. The zero-order chi connectivity index (χ0) is 17.0. The second kappa shape index (κ2) is 6.79. The number of hydrogen-bond donors (Lipinski definition) is 1. The van der Waals surface area contributed by atoms with Crippen LogP contribution in [0.3, 0.4) is 0 Å². The molecule has 0 bridgehead atoms. The van der Waals surface area contributed by atoms with Crippen molar-refractivity contribution in [3.05, 3.63) is 60.6 Å². The SMILES string of the molecule is O=C(CCS(=O)(=O)c1ccccc1)NCc1cnn2cccnc12. The third-order valence-corrected chi connectivity index (χ3v) is 5.26. The molecule has 24 heavy (non-hydrogen) atoms. The van der Waals surface area contributed by atoms with Gasteiger partial charge in [0.05, 0.1) is 16.8 Å². The second-order valence-corrected chi connectivity index (χ2v) is 7.33. The molecule has 2 heterocycles. The van der Waals surface area contributed by atoms with Crippen LogP contribution in [-0.4, -0.2) is 34.7 Å². The first kappa shape index (κ1) is 16.1. The fourth-order valence-electron chi connectivity index (χ4n) is 2.26. The lowest BCUT2D eigenvalue weighted by molar-refractivity contribution is -0.120. The smallest absolute Gasteiger partial charge is 0.221 e. The van der Waals surface area contributed by atoms with Crippen LogP contribution in [-0.2, 0) is 21.2 Å². The van der Waals surface area contributed by atoms with Crippen LogP contribution in [0.5, 0.6) is 0 Å². The van der Waals surface area contributed by atoms with Crippen LogP contribution in [0.4, 0.5) is 0 Å². The number of rotatable bonds is 6. The van der Waals surface area contributed by atoms with Gasteiger partial charge in [-0.25, -0.2) is 17.9 Å². The summed E-state index contributed by atoms with van der Waals surface area (Å²) < 4.78 is 25.9. The summed E-state index contributed by atoms with van der Waals surface area (Å²) in [7, 11) is -3.45. The summed E-state index contributed by atoms with van der Waals surface area (Å²) in [4.78, 5) is 16.4. The number of nitrogens with zero attached hydrogens (tertiary/aromatic N) is 3. The molecule has 0 saturated carbocycles. The normalized spacial score (nSPS) is 11.5. The Kier molecular flexibility index (Phi) is 4.57. The zero-order valence-electron chi connectivity index (χ0n) is 12.8. The van der Waals surface area contributed by atoms with Gasteiger partial charge < -0.3 is 5.32 Å². The summed E-state index contributed by atoms with van der Waals surface area (Å²) in [6.07, 6.45) is 4.95. The molecule has 0 unspecified atom stereocenters. The van der Waals surface area contributed by atoms with Crippen molar-refractivity contribution in [2.45, 2.75) is 17.9 Å². The number of benzene rings is 1. The Morgan fingerprint density at radius 1 is 1.17 bits per heavy atom. The first-order chi connectivity index (χ1) is 11.6. The van der Waals surface area contributed by atoms with E-state index in [4.69, 9.17) is 0 Å². The Hall–Kier alpha value is -2.74. The van der Waals surface area contributed by atoms with Crippen molar-refractivity contribution in [3.8, 4) is 0 Å². The van der Waals surface area contributed by atoms with Crippen molar-refractivity contribution >= 4 is 21.4 Å². The summed E-state index contributed by atoms with van der Waals surface area (Å²) in [5, 5.41) is 6.83.